The van der Waals surface area contributed by atoms with Gasteiger partial charge in [-0.25, -0.2) is 0 Å². The van der Waals surface area contributed by atoms with Crippen LogP contribution in [0.5, 0.6) is 0 Å². The van der Waals surface area contributed by atoms with Crippen molar-refractivity contribution in [3.8, 4) is 0 Å². The maximum atomic E-state index is 5.95. The number of hydrogen-bond acceptors (Lipinski definition) is 4. The molecule has 1 N–H and O–H groups in total. The summed E-state index contributed by atoms with van der Waals surface area (Å²) in [7, 11) is 3.69. The SMILES string of the molecule is CCCCCCCCOC1CC(NC)C1OCCOC. The quantitative estimate of drug-likeness (QED) is 0.529. The molecule has 1 saturated carbocycles. The lowest BCUT2D eigenvalue weighted by Gasteiger charge is -2.43. The van der Waals surface area contributed by atoms with E-state index in [1.54, 1.807) is 7.11 Å². The molecule has 0 aromatic heterocycles. The summed E-state index contributed by atoms with van der Waals surface area (Å²) in [5, 5.41) is 3.29. The van der Waals surface area contributed by atoms with Crippen molar-refractivity contribution in [3.05, 3.63) is 0 Å². The van der Waals surface area contributed by atoms with Crippen LogP contribution in [-0.4, -0.2) is 52.2 Å². The monoisotopic (exact) mass is 287 g/mol. The van der Waals surface area contributed by atoms with Gasteiger partial charge in [0.15, 0.2) is 0 Å². The molecule has 0 aromatic rings. The van der Waals surface area contributed by atoms with Crippen molar-refractivity contribution in [2.45, 2.75) is 70.1 Å². The van der Waals surface area contributed by atoms with E-state index >= 15 is 0 Å². The fraction of sp³-hybridized carbons (Fsp3) is 1.00. The zero-order valence-corrected chi connectivity index (χ0v) is 13.5. The number of nitrogens with one attached hydrogen (secondary N) is 1. The van der Waals surface area contributed by atoms with E-state index < -0.39 is 0 Å². The van der Waals surface area contributed by atoms with Crippen LogP contribution in [0.15, 0.2) is 0 Å². The molecule has 4 heteroatoms. The first-order chi connectivity index (χ1) is 9.83. The fourth-order valence-corrected chi connectivity index (χ4v) is 2.63. The second kappa shape index (κ2) is 11.5. The Morgan fingerprint density at radius 3 is 2.40 bits per heavy atom. The molecule has 0 bridgehead atoms. The van der Waals surface area contributed by atoms with Crippen LogP contribution in [0.25, 0.3) is 0 Å². The maximum absolute atomic E-state index is 5.95. The van der Waals surface area contributed by atoms with Gasteiger partial charge >= 0.3 is 0 Å². The minimum atomic E-state index is 0.190. The van der Waals surface area contributed by atoms with Gasteiger partial charge in [0.05, 0.1) is 25.4 Å². The fourth-order valence-electron chi connectivity index (χ4n) is 2.63. The van der Waals surface area contributed by atoms with Gasteiger partial charge in [0.25, 0.3) is 0 Å². The van der Waals surface area contributed by atoms with Crippen LogP contribution in [0, 0.1) is 0 Å². The molecule has 20 heavy (non-hydrogen) atoms. The van der Waals surface area contributed by atoms with Gasteiger partial charge in [-0.2, -0.15) is 0 Å². The summed E-state index contributed by atoms with van der Waals surface area (Å²) in [6.07, 6.45) is 9.36. The van der Waals surface area contributed by atoms with Crippen LogP contribution < -0.4 is 5.32 Å². The molecule has 0 spiro atoms. The van der Waals surface area contributed by atoms with E-state index in [9.17, 15) is 0 Å². The number of rotatable bonds is 13. The molecule has 1 aliphatic rings. The second-order valence-corrected chi connectivity index (χ2v) is 5.64. The normalized spacial score (nSPS) is 25.6. The van der Waals surface area contributed by atoms with Crippen molar-refractivity contribution in [1.29, 1.82) is 0 Å². The molecule has 0 amide bonds. The Balaban J connectivity index is 2.03. The Morgan fingerprint density at radius 2 is 1.70 bits per heavy atom. The molecule has 1 aliphatic carbocycles. The van der Waals surface area contributed by atoms with Gasteiger partial charge in [-0.05, 0) is 19.9 Å². The minimum absolute atomic E-state index is 0.190. The maximum Gasteiger partial charge on any atom is 0.0991 e. The molecule has 0 aromatic carbocycles. The van der Waals surface area contributed by atoms with Gasteiger partial charge in [0.1, 0.15) is 0 Å². The van der Waals surface area contributed by atoms with Crippen molar-refractivity contribution in [1.82, 2.24) is 5.32 Å². The molecule has 120 valence electrons. The Morgan fingerprint density at radius 1 is 0.950 bits per heavy atom. The number of unbranched alkanes of at least 4 members (excludes halogenated alkanes) is 5. The third-order valence-corrected chi connectivity index (χ3v) is 4.05. The lowest BCUT2D eigenvalue weighted by molar-refractivity contribution is -0.151. The standard InChI is InChI=1S/C16H33NO3/c1-4-5-6-7-8-9-10-19-15-13-14(17-2)16(15)20-12-11-18-3/h14-17H,4-13H2,1-3H3. The lowest BCUT2D eigenvalue weighted by atomic mass is 9.85. The van der Waals surface area contributed by atoms with Crippen LogP contribution in [0.3, 0.4) is 0 Å². The molecule has 0 saturated heterocycles. The van der Waals surface area contributed by atoms with Crippen molar-refractivity contribution in [3.63, 3.8) is 0 Å². The first-order valence-corrected chi connectivity index (χ1v) is 8.22. The molecular weight excluding hydrogens is 254 g/mol. The summed E-state index contributed by atoms with van der Waals surface area (Å²) in [5.74, 6) is 0. The molecule has 0 heterocycles. The van der Waals surface area contributed by atoms with Crippen molar-refractivity contribution >= 4 is 0 Å². The van der Waals surface area contributed by atoms with Crippen LogP contribution in [-0.2, 0) is 14.2 Å². The number of likely N-dealkylation sites (N-methyl/N-ethyl adjacent to an activating group) is 1. The molecular formula is C16H33NO3. The molecule has 0 aliphatic heterocycles. The predicted octanol–water partition coefficient (Wildman–Crippen LogP) is 2.76. The summed E-state index contributed by atoms with van der Waals surface area (Å²) in [5.41, 5.74) is 0. The summed E-state index contributed by atoms with van der Waals surface area (Å²) in [6.45, 7) is 4.42. The Kier molecular flexibility index (Phi) is 10.3. The highest BCUT2D eigenvalue weighted by Crippen LogP contribution is 2.27. The predicted molar refractivity (Wildman–Crippen MR) is 82.2 cm³/mol. The van der Waals surface area contributed by atoms with E-state index in [0.29, 0.717) is 19.3 Å². The van der Waals surface area contributed by atoms with Gasteiger partial charge in [-0.3, -0.25) is 0 Å². The van der Waals surface area contributed by atoms with Crippen LogP contribution >= 0.6 is 0 Å². The van der Waals surface area contributed by atoms with E-state index in [4.69, 9.17) is 14.2 Å². The summed E-state index contributed by atoms with van der Waals surface area (Å²) < 4.78 is 16.8. The first-order valence-electron chi connectivity index (χ1n) is 8.22. The van der Waals surface area contributed by atoms with E-state index in [2.05, 4.69) is 12.2 Å². The molecule has 3 atom stereocenters. The Hall–Kier alpha value is -0.160. The summed E-state index contributed by atoms with van der Waals surface area (Å²) in [6, 6.07) is 0.432. The van der Waals surface area contributed by atoms with E-state index in [1.807, 2.05) is 7.05 Å². The van der Waals surface area contributed by atoms with E-state index in [-0.39, 0.29) is 12.2 Å². The van der Waals surface area contributed by atoms with E-state index in [0.717, 1.165) is 13.0 Å². The number of methoxy groups -OCH3 is 1. The molecule has 3 unspecified atom stereocenters. The number of ether oxygens (including phenoxy) is 3. The van der Waals surface area contributed by atoms with Crippen molar-refractivity contribution in [2.75, 3.05) is 34.0 Å². The van der Waals surface area contributed by atoms with Gasteiger partial charge in [0.2, 0.25) is 0 Å². The highest BCUT2D eigenvalue weighted by Gasteiger charge is 2.41. The molecule has 0 radical (unpaired) electrons. The summed E-state index contributed by atoms with van der Waals surface area (Å²) >= 11 is 0. The molecule has 1 fully saturated rings. The van der Waals surface area contributed by atoms with Crippen molar-refractivity contribution < 1.29 is 14.2 Å². The van der Waals surface area contributed by atoms with Crippen LogP contribution in [0.4, 0.5) is 0 Å². The average molecular weight is 287 g/mol. The Bertz CT molecular complexity index is 226. The van der Waals surface area contributed by atoms with Crippen LogP contribution in [0.2, 0.25) is 0 Å². The Labute approximate surface area is 124 Å². The molecule has 1 rings (SSSR count). The third-order valence-electron chi connectivity index (χ3n) is 4.05. The van der Waals surface area contributed by atoms with Crippen molar-refractivity contribution in [2.24, 2.45) is 0 Å². The third kappa shape index (κ3) is 6.53. The molecule has 4 nitrogen and oxygen atoms in total. The first kappa shape index (κ1) is 17.9. The average Bonchev–Trinajstić information content (AvgIpc) is 2.45. The van der Waals surface area contributed by atoms with Gasteiger partial charge in [-0.1, -0.05) is 39.0 Å². The lowest BCUT2D eigenvalue weighted by Crippen LogP contribution is -2.59. The topological polar surface area (TPSA) is 39.7 Å². The van der Waals surface area contributed by atoms with Crippen LogP contribution in [0.1, 0.15) is 51.9 Å². The van der Waals surface area contributed by atoms with Gasteiger partial charge < -0.3 is 19.5 Å². The summed E-state index contributed by atoms with van der Waals surface area (Å²) in [4.78, 5) is 0. The number of hydrogen-bond donors (Lipinski definition) is 1. The highest BCUT2D eigenvalue weighted by molar-refractivity contribution is 4.96. The highest BCUT2D eigenvalue weighted by atomic mass is 16.6. The minimum Gasteiger partial charge on any atom is -0.382 e. The van der Waals surface area contributed by atoms with Gasteiger partial charge in [0, 0.05) is 19.8 Å². The second-order valence-electron chi connectivity index (χ2n) is 5.64. The smallest absolute Gasteiger partial charge is 0.0991 e. The van der Waals surface area contributed by atoms with E-state index in [1.165, 1.54) is 38.5 Å². The van der Waals surface area contributed by atoms with Gasteiger partial charge in [-0.15, -0.1) is 0 Å². The zero-order valence-electron chi connectivity index (χ0n) is 13.5. The zero-order chi connectivity index (χ0) is 14.6. The largest absolute Gasteiger partial charge is 0.382 e.